The van der Waals surface area contributed by atoms with Crippen molar-refractivity contribution < 1.29 is 15.2 Å². The third-order valence-electron chi connectivity index (χ3n) is 2.09. The minimum Gasteiger partial charge on any atom is -0.507 e. The molecule has 0 radical (unpaired) electrons. The first-order valence-corrected chi connectivity index (χ1v) is 4.12. The summed E-state index contributed by atoms with van der Waals surface area (Å²) >= 11 is 0. The first-order valence-electron chi connectivity index (χ1n) is 4.12. The number of phenolic OH excluding ortho intramolecular Hbond substituents is 1. The van der Waals surface area contributed by atoms with Crippen LogP contribution in [0.25, 0.3) is 10.8 Å². The van der Waals surface area contributed by atoms with Crippen LogP contribution in [0.4, 0.5) is 0 Å². The normalized spacial score (nSPS) is 10.4. The molecule has 1 aromatic carbocycles. The topological polar surface area (TPSA) is 73.6 Å². The average Bonchev–Trinajstić information content (AvgIpc) is 2.17. The molecular weight excluding hydrogens is 181 g/mol. The molecule has 0 aliphatic heterocycles. The summed E-state index contributed by atoms with van der Waals surface area (Å²) < 4.78 is 0. The molecule has 0 bridgehead atoms. The lowest BCUT2D eigenvalue weighted by Crippen LogP contribution is -2.30. The summed E-state index contributed by atoms with van der Waals surface area (Å²) in [5.74, 6) is 0.0810. The molecule has 0 amide bonds. The lowest BCUT2D eigenvalue weighted by molar-refractivity contribution is 0.426. The predicted molar refractivity (Wildman–Crippen MR) is 53.2 cm³/mol. The quantitative estimate of drug-likeness (QED) is 0.534. The van der Waals surface area contributed by atoms with Crippen molar-refractivity contribution in [2.45, 2.75) is 0 Å². The van der Waals surface area contributed by atoms with Crippen LogP contribution in [0.3, 0.4) is 0 Å². The molecule has 0 saturated carbocycles. The van der Waals surface area contributed by atoms with E-state index in [1.165, 1.54) is 18.5 Å². The van der Waals surface area contributed by atoms with Crippen molar-refractivity contribution >= 4 is 23.4 Å². The molecule has 1 aromatic heterocycles. The van der Waals surface area contributed by atoms with Crippen LogP contribution < -0.4 is 5.46 Å². The van der Waals surface area contributed by atoms with Crippen LogP contribution in [0.15, 0.2) is 30.6 Å². The lowest BCUT2D eigenvalue weighted by atomic mass is 9.78. The fourth-order valence-electron chi connectivity index (χ4n) is 1.41. The number of aromatic nitrogens is 1. The maximum atomic E-state index is 9.47. The zero-order valence-electron chi connectivity index (χ0n) is 7.25. The number of benzene rings is 1. The minimum absolute atomic E-state index is 0.0810. The monoisotopic (exact) mass is 189 g/mol. The number of nitrogens with zero attached hydrogens (tertiary/aromatic N) is 1. The second-order valence-electron chi connectivity index (χ2n) is 2.97. The molecule has 1 heterocycles. The van der Waals surface area contributed by atoms with E-state index in [0.717, 1.165) is 0 Å². The highest BCUT2D eigenvalue weighted by Gasteiger charge is 2.15. The van der Waals surface area contributed by atoms with E-state index in [9.17, 15) is 5.11 Å². The van der Waals surface area contributed by atoms with Crippen LogP contribution in [0.2, 0.25) is 0 Å². The SMILES string of the molecule is OB(O)c1cncc2c(O)cccc12. The summed E-state index contributed by atoms with van der Waals surface area (Å²) in [6.45, 7) is 0. The molecule has 5 heteroatoms. The minimum atomic E-state index is -1.58. The van der Waals surface area contributed by atoms with Crippen molar-refractivity contribution in [2.24, 2.45) is 0 Å². The van der Waals surface area contributed by atoms with Crippen LogP contribution in [-0.4, -0.2) is 27.3 Å². The van der Waals surface area contributed by atoms with Gasteiger partial charge in [0.1, 0.15) is 5.75 Å². The highest BCUT2D eigenvalue weighted by atomic mass is 16.4. The van der Waals surface area contributed by atoms with Gasteiger partial charge in [-0.3, -0.25) is 4.98 Å². The number of rotatable bonds is 1. The van der Waals surface area contributed by atoms with Crippen LogP contribution in [0.1, 0.15) is 0 Å². The molecule has 0 fully saturated rings. The highest BCUT2D eigenvalue weighted by molar-refractivity contribution is 6.61. The maximum Gasteiger partial charge on any atom is 0.490 e. The van der Waals surface area contributed by atoms with Gasteiger partial charge in [-0.25, -0.2) is 0 Å². The van der Waals surface area contributed by atoms with Crippen molar-refractivity contribution in [3.05, 3.63) is 30.6 Å². The zero-order valence-corrected chi connectivity index (χ0v) is 7.25. The molecular formula is C9H8BNO3. The molecule has 0 spiro atoms. The van der Waals surface area contributed by atoms with Crippen LogP contribution in [0.5, 0.6) is 5.75 Å². The predicted octanol–water partition coefficient (Wildman–Crippen LogP) is -0.380. The van der Waals surface area contributed by atoms with Gasteiger partial charge >= 0.3 is 7.12 Å². The lowest BCUT2D eigenvalue weighted by Gasteiger charge is -2.05. The Bertz CT molecular complexity index is 473. The van der Waals surface area contributed by atoms with E-state index in [1.807, 2.05) is 0 Å². The number of fused-ring (bicyclic) bond motifs is 1. The Morgan fingerprint density at radius 2 is 1.86 bits per heavy atom. The van der Waals surface area contributed by atoms with Gasteiger partial charge in [0.25, 0.3) is 0 Å². The number of aromatic hydroxyl groups is 1. The van der Waals surface area contributed by atoms with E-state index < -0.39 is 7.12 Å². The summed E-state index contributed by atoms with van der Waals surface area (Å²) in [5.41, 5.74) is 0.290. The van der Waals surface area contributed by atoms with Gasteiger partial charge in [-0.2, -0.15) is 0 Å². The van der Waals surface area contributed by atoms with Gasteiger partial charge in [0, 0.05) is 23.2 Å². The van der Waals surface area contributed by atoms with E-state index in [-0.39, 0.29) is 5.75 Å². The number of hydrogen-bond donors (Lipinski definition) is 3. The highest BCUT2D eigenvalue weighted by Crippen LogP contribution is 2.21. The first kappa shape index (κ1) is 8.99. The van der Waals surface area contributed by atoms with Crippen LogP contribution in [0, 0.1) is 0 Å². The molecule has 3 N–H and O–H groups in total. The zero-order chi connectivity index (χ0) is 10.1. The maximum absolute atomic E-state index is 9.47. The van der Waals surface area contributed by atoms with E-state index in [1.54, 1.807) is 12.1 Å². The van der Waals surface area contributed by atoms with E-state index in [2.05, 4.69) is 4.98 Å². The van der Waals surface area contributed by atoms with Crippen LogP contribution in [-0.2, 0) is 0 Å². The summed E-state index contributed by atoms with van der Waals surface area (Å²) in [5, 5.41) is 28.7. The Labute approximate surface area is 80.6 Å². The smallest absolute Gasteiger partial charge is 0.490 e. The Kier molecular flexibility index (Phi) is 2.11. The fraction of sp³-hybridized carbons (Fsp3) is 0. The first-order chi connectivity index (χ1) is 6.70. The summed E-state index contributed by atoms with van der Waals surface area (Å²) in [6.07, 6.45) is 2.85. The van der Waals surface area contributed by atoms with Gasteiger partial charge in [0.15, 0.2) is 0 Å². The number of phenols is 1. The van der Waals surface area contributed by atoms with E-state index >= 15 is 0 Å². The molecule has 2 rings (SSSR count). The van der Waals surface area contributed by atoms with Gasteiger partial charge in [-0.1, -0.05) is 12.1 Å². The molecule has 2 aromatic rings. The van der Waals surface area contributed by atoms with E-state index in [0.29, 0.717) is 16.2 Å². The summed E-state index contributed by atoms with van der Waals surface area (Å²) in [6, 6.07) is 4.87. The second-order valence-corrected chi connectivity index (χ2v) is 2.97. The Morgan fingerprint density at radius 3 is 2.57 bits per heavy atom. The van der Waals surface area contributed by atoms with Gasteiger partial charge in [0.2, 0.25) is 0 Å². The second kappa shape index (κ2) is 3.28. The molecule has 0 atom stereocenters. The van der Waals surface area contributed by atoms with Gasteiger partial charge in [0.05, 0.1) is 0 Å². The Hall–Kier alpha value is -1.59. The van der Waals surface area contributed by atoms with Crippen molar-refractivity contribution in [1.29, 1.82) is 0 Å². The summed E-state index contributed by atoms with van der Waals surface area (Å²) in [4.78, 5) is 3.81. The van der Waals surface area contributed by atoms with Crippen molar-refractivity contribution in [1.82, 2.24) is 4.98 Å². The molecule has 0 saturated heterocycles. The number of pyridine rings is 1. The molecule has 4 nitrogen and oxygen atoms in total. The molecule has 0 aliphatic rings. The molecule has 14 heavy (non-hydrogen) atoms. The van der Waals surface area contributed by atoms with Crippen LogP contribution >= 0.6 is 0 Å². The third kappa shape index (κ3) is 1.32. The van der Waals surface area contributed by atoms with Crippen molar-refractivity contribution in [3.8, 4) is 5.75 Å². The Morgan fingerprint density at radius 1 is 1.07 bits per heavy atom. The molecule has 70 valence electrons. The standard InChI is InChI=1S/C9H8BNO3/c12-9-3-1-2-6-7(9)4-11-5-8(6)10(13)14/h1-5,12-14H. The average molecular weight is 189 g/mol. The summed E-state index contributed by atoms with van der Waals surface area (Å²) in [7, 11) is -1.58. The molecule has 0 unspecified atom stereocenters. The van der Waals surface area contributed by atoms with Crippen molar-refractivity contribution in [2.75, 3.05) is 0 Å². The van der Waals surface area contributed by atoms with Crippen molar-refractivity contribution in [3.63, 3.8) is 0 Å². The van der Waals surface area contributed by atoms with Gasteiger partial charge < -0.3 is 15.2 Å². The van der Waals surface area contributed by atoms with E-state index in [4.69, 9.17) is 10.0 Å². The largest absolute Gasteiger partial charge is 0.507 e. The molecule has 0 aliphatic carbocycles. The number of hydrogen-bond acceptors (Lipinski definition) is 4. The third-order valence-corrected chi connectivity index (χ3v) is 2.09. The fourth-order valence-corrected chi connectivity index (χ4v) is 1.41. The van der Waals surface area contributed by atoms with Gasteiger partial charge in [-0.15, -0.1) is 0 Å². The van der Waals surface area contributed by atoms with Gasteiger partial charge in [-0.05, 0) is 11.5 Å². The Balaban J connectivity index is 2.81.